The molecule has 0 amide bonds. The fraction of sp³-hybridized carbons (Fsp3) is 0.273. The van der Waals surface area contributed by atoms with Crippen molar-refractivity contribution in [3.05, 3.63) is 29.0 Å². The Labute approximate surface area is 98.8 Å². The number of H-pyrrole nitrogens is 1. The van der Waals surface area contributed by atoms with E-state index in [2.05, 4.69) is 22.1 Å². The number of anilines is 1. The molecule has 0 saturated carbocycles. The molecule has 84 valence electrons. The van der Waals surface area contributed by atoms with Crippen LogP contribution in [0.4, 0.5) is 5.69 Å². The molecule has 0 aliphatic heterocycles. The SMILES string of the molecule is CCCc1nc(-c2ccc(N)cc2Cl)n[nH]1. The number of nitrogens with zero attached hydrogens (tertiary/aromatic N) is 2. The number of benzene rings is 1. The second kappa shape index (κ2) is 4.53. The lowest BCUT2D eigenvalue weighted by molar-refractivity contribution is 0.841. The second-order valence-electron chi connectivity index (χ2n) is 3.59. The molecule has 0 unspecified atom stereocenters. The van der Waals surface area contributed by atoms with Crippen LogP contribution in [0.1, 0.15) is 19.2 Å². The lowest BCUT2D eigenvalue weighted by Gasteiger charge is -2.00. The molecule has 0 atom stereocenters. The van der Waals surface area contributed by atoms with Crippen molar-refractivity contribution in [3.8, 4) is 11.4 Å². The summed E-state index contributed by atoms with van der Waals surface area (Å²) in [5, 5.41) is 7.60. The number of nitrogens with two attached hydrogens (primary N) is 1. The zero-order chi connectivity index (χ0) is 11.5. The Kier molecular flexibility index (Phi) is 3.10. The van der Waals surface area contributed by atoms with Gasteiger partial charge in [-0.3, -0.25) is 5.10 Å². The van der Waals surface area contributed by atoms with E-state index in [1.165, 1.54) is 0 Å². The second-order valence-corrected chi connectivity index (χ2v) is 4.00. The van der Waals surface area contributed by atoms with Crippen LogP contribution in [-0.4, -0.2) is 15.2 Å². The summed E-state index contributed by atoms with van der Waals surface area (Å²) >= 11 is 6.08. The molecule has 0 aliphatic carbocycles. The monoisotopic (exact) mass is 236 g/mol. The normalized spacial score (nSPS) is 10.6. The van der Waals surface area contributed by atoms with Gasteiger partial charge in [-0.1, -0.05) is 18.5 Å². The van der Waals surface area contributed by atoms with Crippen LogP contribution in [0.15, 0.2) is 18.2 Å². The molecule has 0 radical (unpaired) electrons. The molecule has 0 bridgehead atoms. The van der Waals surface area contributed by atoms with Crippen LogP contribution < -0.4 is 5.73 Å². The van der Waals surface area contributed by atoms with E-state index in [4.69, 9.17) is 17.3 Å². The molecule has 5 heteroatoms. The molecule has 2 aromatic rings. The zero-order valence-corrected chi connectivity index (χ0v) is 9.75. The molecule has 0 fully saturated rings. The van der Waals surface area contributed by atoms with Crippen LogP contribution in [0.25, 0.3) is 11.4 Å². The molecule has 1 aromatic heterocycles. The summed E-state index contributed by atoms with van der Waals surface area (Å²) in [4.78, 5) is 4.37. The third-order valence-corrected chi connectivity index (χ3v) is 2.57. The molecular formula is C11H13ClN4. The maximum absolute atomic E-state index is 6.08. The summed E-state index contributed by atoms with van der Waals surface area (Å²) in [6.45, 7) is 2.10. The van der Waals surface area contributed by atoms with Crippen molar-refractivity contribution in [3.63, 3.8) is 0 Å². The van der Waals surface area contributed by atoms with Gasteiger partial charge in [0.15, 0.2) is 5.82 Å². The number of aromatic amines is 1. The predicted octanol–water partition coefficient (Wildman–Crippen LogP) is 2.66. The van der Waals surface area contributed by atoms with Gasteiger partial charge in [-0.05, 0) is 24.6 Å². The van der Waals surface area contributed by atoms with Gasteiger partial charge in [-0.15, -0.1) is 0 Å². The number of hydrogen-bond donors (Lipinski definition) is 2. The fourth-order valence-electron chi connectivity index (χ4n) is 1.48. The van der Waals surface area contributed by atoms with Crippen molar-refractivity contribution in [2.75, 3.05) is 5.73 Å². The minimum absolute atomic E-state index is 0.571. The van der Waals surface area contributed by atoms with Crippen LogP contribution in [0.5, 0.6) is 0 Å². The van der Waals surface area contributed by atoms with E-state index in [1.54, 1.807) is 12.1 Å². The van der Waals surface area contributed by atoms with E-state index >= 15 is 0 Å². The van der Waals surface area contributed by atoms with E-state index < -0.39 is 0 Å². The van der Waals surface area contributed by atoms with Crippen molar-refractivity contribution < 1.29 is 0 Å². The molecule has 1 heterocycles. The van der Waals surface area contributed by atoms with Gasteiger partial charge in [0.25, 0.3) is 0 Å². The number of aryl methyl sites for hydroxylation is 1. The van der Waals surface area contributed by atoms with Crippen molar-refractivity contribution in [2.45, 2.75) is 19.8 Å². The minimum Gasteiger partial charge on any atom is -0.399 e. The first-order valence-corrected chi connectivity index (χ1v) is 5.55. The van der Waals surface area contributed by atoms with Crippen LogP contribution in [0, 0.1) is 0 Å². The Morgan fingerprint density at radius 3 is 2.94 bits per heavy atom. The highest BCUT2D eigenvalue weighted by molar-refractivity contribution is 6.33. The van der Waals surface area contributed by atoms with Crippen LogP contribution in [-0.2, 0) is 6.42 Å². The van der Waals surface area contributed by atoms with Gasteiger partial charge in [-0.25, -0.2) is 4.98 Å². The summed E-state index contributed by atoms with van der Waals surface area (Å²) < 4.78 is 0. The summed E-state index contributed by atoms with van der Waals surface area (Å²) in [5.74, 6) is 1.50. The number of nitrogens with one attached hydrogen (secondary N) is 1. The Bertz CT molecular complexity index is 492. The smallest absolute Gasteiger partial charge is 0.182 e. The molecule has 4 nitrogen and oxygen atoms in total. The van der Waals surface area contributed by atoms with Gasteiger partial charge >= 0.3 is 0 Å². The van der Waals surface area contributed by atoms with E-state index in [-0.39, 0.29) is 0 Å². The Morgan fingerprint density at radius 1 is 1.44 bits per heavy atom. The minimum atomic E-state index is 0.571. The summed E-state index contributed by atoms with van der Waals surface area (Å²) in [5.41, 5.74) is 7.06. The summed E-state index contributed by atoms with van der Waals surface area (Å²) in [7, 11) is 0. The van der Waals surface area contributed by atoms with Crippen molar-refractivity contribution in [1.29, 1.82) is 0 Å². The van der Waals surface area contributed by atoms with Gasteiger partial charge in [0, 0.05) is 17.7 Å². The molecule has 2 rings (SSSR count). The Balaban J connectivity index is 2.35. The van der Waals surface area contributed by atoms with Gasteiger partial charge in [-0.2, -0.15) is 5.10 Å². The number of rotatable bonds is 3. The summed E-state index contributed by atoms with van der Waals surface area (Å²) in [6, 6.07) is 5.32. The molecule has 1 aromatic carbocycles. The Morgan fingerprint density at radius 2 is 2.25 bits per heavy atom. The average molecular weight is 237 g/mol. The first kappa shape index (κ1) is 11.0. The molecule has 0 saturated heterocycles. The Hall–Kier alpha value is -1.55. The highest BCUT2D eigenvalue weighted by Crippen LogP contribution is 2.26. The molecule has 0 aliphatic rings. The number of hydrogen-bond acceptors (Lipinski definition) is 3. The van der Waals surface area contributed by atoms with Gasteiger partial charge in [0.2, 0.25) is 0 Å². The number of aromatic nitrogens is 3. The first-order chi connectivity index (χ1) is 7.70. The van der Waals surface area contributed by atoms with E-state index in [0.29, 0.717) is 16.5 Å². The first-order valence-electron chi connectivity index (χ1n) is 5.17. The highest BCUT2D eigenvalue weighted by atomic mass is 35.5. The number of nitrogen functional groups attached to an aromatic ring is 1. The largest absolute Gasteiger partial charge is 0.399 e. The molecule has 0 spiro atoms. The van der Waals surface area contributed by atoms with Crippen LogP contribution >= 0.6 is 11.6 Å². The summed E-state index contributed by atoms with van der Waals surface area (Å²) in [6.07, 6.45) is 1.92. The quantitative estimate of drug-likeness (QED) is 0.805. The van der Waals surface area contributed by atoms with E-state index in [0.717, 1.165) is 24.2 Å². The molecule has 16 heavy (non-hydrogen) atoms. The fourth-order valence-corrected chi connectivity index (χ4v) is 1.75. The molecule has 3 N–H and O–H groups in total. The maximum Gasteiger partial charge on any atom is 0.182 e. The highest BCUT2D eigenvalue weighted by Gasteiger charge is 2.09. The third-order valence-electron chi connectivity index (χ3n) is 2.25. The van der Waals surface area contributed by atoms with Crippen molar-refractivity contribution in [2.24, 2.45) is 0 Å². The lowest BCUT2D eigenvalue weighted by atomic mass is 10.2. The van der Waals surface area contributed by atoms with Gasteiger partial charge < -0.3 is 5.73 Å². The van der Waals surface area contributed by atoms with Crippen molar-refractivity contribution in [1.82, 2.24) is 15.2 Å². The van der Waals surface area contributed by atoms with Gasteiger partial charge in [0.1, 0.15) is 5.82 Å². The predicted molar refractivity (Wildman–Crippen MR) is 65.2 cm³/mol. The van der Waals surface area contributed by atoms with E-state index in [9.17, 15) is 0 Å². The topological polar surface area (TPSA) is 67.6 Å². The van der Waals surface area contributed by atoms with Crippen LogP contribution in [0.2, 0.25) is 5.02 Å². The third kappa shape index (κ3) is 2.17. The van der Waals surface area contributed by atoms with E-state index in [1.807, 2.05) is 6.07 Å². The van der Waals surface area contributed by atoms with Crippen molar-refractivity contribution >= 4 is 17.3 Å². The van der Waals surface area contributed by atoms with Gasteiger partial charge in [0.05, 0.1) is 5.02 Å². The van der Waals surface area contributed by atoms with Crippen LogP contribution in [0.3, 0.4) is 0 Å². The maximum atomic E-state index is 6.08. The average Bonchev–Trinajstić information content (AvgIpc) is 2.67. The lowest BCUT2D eigenvalue weighted by Crippen LogP contribution is -1.88. The standard InChI is InChI=1S/C11H13ClN4/c1-2-3-10-14-11(16-15-10)8-5-4-7(13)6-9(8)12/h4-6H,2-3,13H2,1H3,(H,14,15,16). The molecular weight excluding hydrogens is 224 g/mol. The number of halogens is 1. The zero-order valence-electron chi connectivity index (χ0n) is 9.00.